The Bertz CT molecular complexity index is 1680. The molecule has 4 heterocycles. The van der Waals surface area contributed by atoms with Crippen molar-refractivity contribution in [3.8, 4) is 28.3 Å². The number of rotatable bonds is 3. The predicted molar refractivity (Wildman–Crippen MR) is 145 cm³/mol. The van der Waals surface area contributed by atoms with Crippen LogP contribution in [0.25, 0.3) is 45.4 Å². The van der Waals surface area contributed by atoms with Crippen LogP contribution in [0.15, 0.2) is 91.3 Å². The molecule has 0 bridgehead atoms. The zero-order valence-corrected chi connectivity index (χ0v) is 20.4. The fourth-order valence-electron chi connectivity index (χ4n) is 5.80. The van der Waals surface area contributed by atoms with Gasteiger partial charge in [0.25, 0.3) is 0 Å². The first kappa shape index (κ1) is 21.1. The van der Waals surface area contributed by atoms with Crippen LogP contribution in [0.5, 0.6) is 5.75 Å². The maximum atomic E-state index is 5.37. The number of pyridine rings is 2. The van der Waals surface area contributed by atoms with Crippen molar-refractivity contribution in [3.63, 3.8) is 0 Å². The number of hydrogen-bond donors (Lipinski definition) is 0. The average molecular weight is 469 g/mol. The highest BCUT2D eigenvalue weighted by Gasteiger charge is 2.33. The lowest BCUT2D eigenvalue weighted by atomic mass is 9.85. The molecule has 3 aromatic carbocycles. The molecule has 0 radical (unpaired) electrons. The summed E-state index contributed by atoms with van der Waals surface area (Å²) in [6, 6.07) is 28.7. The number of benzene rings is 3. The number of aryl methyl sites for hydroxylation is 4. The lowest BCUT2D eigenvalue weighted by Crippen LogP contribution is -2.43. The highest BCUT2D eigenvalue weighted by Crippen LogP contribution is 2.39. The van der Waals surface area contributed by atoms with Gasteiger partial charge >= 0.3 is 0 Å². The summed E-state index contributed by atoms with van der Waals surface area (Å²) in [5.41, 5.74) is 10.8. The van der Waals surface area contributed by atoms with Crippen molar-refractivity contribution in [2.75, 3.05) is 7.11 Å². The third-order valence-corrected chi connectivity index (χ3v) is 7.67. The molecule has 0 aliphatic carbocycles. The molecule has 2 aliphatic rings. The van der Waals surface area contributed by atoms with Gasteiger partial charge in [-0.25, -0.2) is 0 Å². The minimum atomic E-state index is 0.890. The van der Waals surface area contributed by atoms with Crippen LogP contribution >= 0.6 is 0 Å². The molecule has 174 valence electrons. The molecule has 0 saturated carbocycles. The zero-order chi connectivity index (χ0) is 24.1. The van der Waals surface area contributed by atoms with Crippen molar-refractivity contribution >= 4 is 22.9 Å². The average Bonchev–Trinajstić information content (AvgIpc) is 2.94. The normalized spacial score (nSPS) is 13.7. The van der Waals surface area contributed by atoms with E-state index in [-0.39, 0.29) is 0 Å². The second kappa shape index (κ2) is 8.46. The van der Waals surface area contributed by atoms with Crippen molar-refractivity contribution < 1.29 is 13.9 Å². The lowest BCUT2D eigenvalue weighted by Gasteiger charge is -2.22. The molecule has 2 aromatic heterocycles. The second-order valence-electron chi connectivity index (χ2n) is 9.76. The Labute approximate surface area is 211 Å². The molecular weight excluding hydrogens is 440 g/mol. The van der Waals surface area contributed by atoms with Gasteiger partial charge in [-0.1, -0.05) is 42.5 Å². The number of fused-ring (bicyclic) bond motifs is 8. The van der Waals surface area contributed by atoms with Crippen LogP contribution in [0.3, 0.4) is 0 Å². The van der Waals surface area contributed by atoms with Crippen molar-refractivity contribution in [3.05, 3.63) is 114 Å². The van der Waals surface area contributed by atoms with E-state index in [4.69, 9.17) is 4.74 Å². The van der Waals surface area contributed by atoms with Crippen LogP contribution in [0.4, 0.5) is 0 Å². The molecule has 3 heteroatoms. The minimum absolute atomic E-state index is 0.890. The molecule has 5 aromatic rings. The van der Waals surface area contributed by atoms with E-state index < -0.39 is 0 Å². The number of ether oxygens (including phenoxy) is 1. The molecule has 0 spiro atoms. The van der Waals surface area contributed by atoms with E-state index in [1.54, 1.807) is 7.11 Å². The number of methoxy groups -OCH3 is 1. The highest BCUT2D eigenvalue weighted by molar-refractivity contribution is 5.88. The Hall–Kier alpha value is -4.24. The SMILES string of the molecule is COc1ccc2cc(/C=C/c3cc[n+]4c(c3)-c3c(ccc5c3-c3cccc[n+]3CC5)CC4)ccc2c1. The second-order valence-corrected chi connectivity index (χ2v) is 9.76. The standard InChI is InChI=1S/C33H28N2O/c1-36-29-12-11-27-20-23(7-8-28(27)22-29)5-6-24-13-17-35-19-15-26-10-9-25-14-18-34-16-3-2-4-30(34)32(25)33(26)31(35)21-24/h2-13,16-17,20-22H,14-15,18-19H2,1H3/q+2/b6-5+. The molecule has 3 nitrogen and oxygen atoms in total. The van der Waals surface area contributed by atoms with Crippen molar-refractivity contribution in [1.29, 1.82) is 0 Å². The molecule has 7 rings (SSSR count). The molecule has 0 unspecified atom stereocenters. The molecule has 0 N–H and O–H groups in total. The Kier molecular flexibility index (Phi) is 4.95. The molecule has 0 amide bonds. The quantitative estimate of drug-likeness (QED) is 0.295. The van der Waals surface area contributed by atoms with Gasteiger partial charge in [-0.15, -0.1) is 0 Å². The Morgan fingerprint density at radius 3 is 2.14 bits per heavy atom. The van der Waals surface area contributed by atoms with E-state index in [1.807, 2.05) is 6.07 Å². The highest BCUT2D eigenvalue weighted by atomic mass is 16.5. The summed E-state index contributed by atoms with van der Waals surface area (Å²) in [5.74, 6) is 0.890. The summed E-state index contributed by atoms with van der Waals surface area (Å²) in [7, 11) is 1.71. The van der Waals surface area contributed by atoms with Crippen LogP contribution in [0.2, 0.25) is 0 Å². The van der Waals surface area contributed by atoms with Gasteiger partial charge < -0.3 is 4.74 Å². The smallest absolute Gasteiger partial charge is 0.214 e. The van der Waals surface area contributed by atoms with Crippen LogP contribution in [0.1, 0.15) is 22.3 Å². The molecule has 2 aliphatic heterocycles. The molecule has 0 saturated heterocycles. The van der Waals surface area contributed by atoms with E-state index in [9.17, 15) is 0 Å². The number of nitrogens with zero attached hydrogens (tertiary/aromatic N) is 2. The van der Waals surface area contributed by atoms with Crippen molar-refractivity contribution in [2.45, 2.75) is 25.9 Å². The summed E-state index contributed by atoms with van der Waals surface area (Å²) in [6.07, 6.45) is 11.1. The third kappa shape index (κ3) is 3.51. The first-order chi connectivity index (χ1) is 17.8. The topological polar surface area (TPSA) is 17.0 Å². The van der Waals surface area contributed by atoms with Gasteiger partial charge in [0.05, 0.1) is 18.2 Å². The summed E-state index contributed by atoms with van der Waals surface area (Å²) in [4.78, 5) is 0. The monoisotopic (exact) mass is 468 g/mol. The molecule has 0 fully saturated rings. The summed E-state index contributed by atoms with van der Waals surface area (Å²) >= 11 is 0. The first-order valence-corrected chi connectivity index (χ1v) is 12.7. The van der Waals surface area contributed by atoms with E-state index in [2.05, 4.69) is 106 Å². The number of hydrogen-bond acceptors (Lipinski definition) is 1. The van der Waals surface area contributed by atoms with Gasteiger partial charge in [0.2, 0.25) is 11.4 Å². The molecule has 0 atom stereocenters. The van der Waals surface area contributed by atoms with Gasteiger partial charge in [-0.05, 0) is 57.3 Å². The van der Waals surface area contributed by atoms with Crippen LogP contribution in [-0.4, -0.2) is 7.11 Å². The number of aromatic nitrogens is 2. The maximum Gasteiger partial charge on any atom is 0.214 e. The predicted octanol–water partition coefficient (Wildman–Crippen LogP) is 6.04. The van der Waals surface area contributed by atoms with E-state index >= 15 is 0 Å². The summed E-state index contributed by atoms with van der Waals surface area (Å²) in [5, 5.41) is 2.41. The fourth-order valence-corrected chi connectivity index (χ4v) is 5.80. The minimum Gasteiger partial charge on any atom is -0.497 e. The largest absolute Gasteiger partial charge is 0.497 e. The van der Waals surface area contributed by atoms with Crippen LogP contribution < -0.4 is 13.9 Å². The van der Waals surface area contributed by atoms with Gasteiger partial charge in [0.15, 0.2) is 25.5 Å². The van der Waals surface area contributed by atoms with E-state index in [0.29, 0.717) is 0 Å². The van der Waals surface area contributed by atoms with Crippen molar-refractivity contribution in [2.24, 2.45) is 0 Å². The lowest BCUT2D eigenvalue weighted by molar-refractivity contribution is -0.689. The van der Waals surface area contributed by atoms with Gasteiger partial charge in [-0.3, -0.25) is 0 Å². The first-order valence-electron chi connectivity index (χ1n) is 12.7. The van der Waals surface area contributed by atoms with Gasteiger partial charge in [0.1, 0.15) is 5.75 Å². The van der Waals surface area contributed by atoms with E-state index in [0.717, 1.165) is 31.7 Å². The zero-order valence-electron chi connectivity index (χ0n) is 20.4. The van der Waals surface area contributed by atoms with E-state index in [1.165, 1.54) is 55.5 Å². The van der Waals surface area contributed by atoms with Crippen molar-refractivity contribution in [1.82, 2.24) is 0 Å². The molecule has 36 heavy (non-hydrogen) atoms. The Morgan fingerprint density at radius 1 is 0.639 bits per heavy atom. The Morgan fingerprint density at radius 2 is 1.33 bits per heavy atom. The summed E-state index contributed by atoms with van der Waals surface area (Å²) in [6.45, 7) is 2.07. The fraction of sp³-hybridized carbons (Fsp3) is 0.152. The maximum absolute atomic E-state index is 5.37. The van der Waals surface area contributed by atoms with Crippen LogP contribution in [-0.2, 0) is 25.9 Å². The molecular formula is C33H28N2O+2. The Balaban J connectivity index is 1.30. The van der Waals surface area contributed by atoms with Crippen LogP contribution in [0, 0.1) is 0 Å². The third-order valence-electron chi connectivity index (χ3n) is 7.67. The van der Waals surface area contributed by atoms with Gasteiger partial charge in [-0.2, -0.15) is 9.13 Å². The van der Waals surface area contributed by atoms with Gasteiger partial charge in [0, 0.05) is 37.1 Å². The summed E-state index contributed by atoms with van der Waals surface area (Å²) < 4.78 is 10.2.